The number of hydrogen-bond donors (Lipinski definition) is 1. The van der Waals surface area contributed by atoms with Crippen LogP contribution in [0.5, 0.6) is 0 Å². The predicted octanol–water partition coefficient (Wildman–Crippen LogP) is 1.35. The quantitative estimate of drug-likeness (QED) is 0.829. The van der Waals surface area contributed by atoms with Crippen LogP contribution >= 0.6 is 0 Å². The molecule has 6 nitrogen and oxygen atoms in total. The highest BCUT2D eigenvalue weighted by Crippen LogP contribution is 2.17. The van der Waals surface area contributed by atoms with Gasteiger partial charge in [-0.25, -0.2) is 4.68 Å². The van der Waals surface area contributed by atoms with Crippen LogP contribution in [0.25, 0.3) is 11.0 Å². The zero-order valence-electron chi connectivity index (χ0n) is 10.7. The van der Waals surface area contributed by atoms with E-state index in [1.165, 1.54) is 7.11 Å². The standard InChI is InChI=1S/C12H16N4O2/c1-8(2)16-11-6-9(12(17)13-7-18-3)4-5-10(11)14-15-16/h4-6,8H,7H2,1-3H3,(H,13,17). The molecule has 0 aliphatic carbocycles. The zero-order chi connectivity index (χ0) is 13.1. The van der Waals surface area contributed by atoms with Crippen LogP contribution in [0.2, 0.25) is 0 Å². The van der Waals surface area contributed by atoms with Crippen LogP contribution in [0.1, 0.15) is 30.2 Å². The van der Waals surface area contributed by atoms with E-state index in [2.05, 4.69) is 15.6 Å². The van der Waals surface area contributed by atoms with Crippen LogP contribution in [0.3, 0.4) is 0 Å². The number of fused-ring (bicyclic) bond motifs is 1. The lowest BCUT2D eigenvalue weighted by molar-refractivity contribution is 0.0872. The number of nitrogens with one attached hydrogen (secondary N) is 1. The van der Waals surface area contributed by atoms with Gasteiger partial charge in [0.25, 0.3) is 5.91 Å². The number of hydrogen-bond acceptors (Lipinski definition) is 4. The van der Waals surface area contributed by atoms with Gasteiger partial charge in [-0.05, 0) is 32.0 Å². The molecule has 0 fully saturated rings. The van der Waals surface area contributed by atoms with E-state index in [0.29, 0.717) is 5.56 Å². The van der Waals surface area contributed by atoms with Gasteiger partial charge < -0.3 is 10.1 Å². The Kier molecular flexibility index (Phi) is 3.57. The lowest BCUT2D eigenvalue weighted by Gasteiger charge is -2.07. The minimum absolute atomic E-state index is 0.171. The Morgan fingerprint density at radius 3 is 2.94 bits per heavy atom. The van der Waals surface area contributed by atoms with E-state index in [0.717, 1.165) is 11.0 Å². The average Bonchev–Trinajstić information content (AvgIpc) is 2.78. The minimum atomic E-state index is -0.171. The Hall–Kier alpha value is -1.95. The summed E-state index contributed by atoms with van der Waals surface area (Å²) in [6.07, 6.45) is 0. The fraction of sp³-hybridized carbons (Fsp3) is 0.417. The maximum atomic E-state index is 11.8. The van der Waals surface area contributed by atoms with E-state index >= 15 is 0 Å². The second kappa shape index (κ2) is 5.14. The van der Waals surface area contributed by atoms with Gasteiger partial charge in [-0.2, -0.15) is 0 Å². The Balaban J connectivity index is 2.36. The van der Waals surface area contributed by atoms with Crippen LogP contribution in [-0.2, 0) is 4.74 Å². The second-order valence-electron chi connectivity index (χ2n) is 4.27. The highest BCUT2D eigenvalue weighted by molar-refractivity contribution is 5.97. The largest absolute Gasteiger partial charge is 0.364 e. The SMILES string of the molecule is COCNC(=O)c1ccc2nnn(C(C)C)c2c1. The van der Waals surface area contributed by atoms with Crippen molar-refractivity contribution in [3.8, 4) is 0 Å². The van der Waals surface area contributed by atoms with Crippen LogP contribution in [0, 0.1) is 0 Å². The Morgan fingerprint density at radius 1 is 1.50 bits per heavy atom. The highest BCUT2D eigenvalue weighted by Gasteiger charge is 2.11. The van der Waals surface area contributed by atoms with Crippen molar-refractivity contribution in [1.29, 1.82) is 0 Å². The molecular weight excluding hydrogens is 232 g/mol. The maximum Gasteiger partial charge on any atom is 0.253 e. The lowest BCUT2D eigenvalue weighted by atomic mass is 10.2. The molecule has 0 radical (unpaired) electrons. The Bertz CT molecular complexity index is 562. The molecule has 6 heteroatoms. The number of carbonyl (C=O) groups is 1. The predicted molar refractivity (Wildman–Crippen MR) is 67.3 cm³/mol. The third-order valence-electron chi connectivity index (χ3n) is 2.60. The molecule has 0 bridgehead atoms. The highest BCUT2D eigenvalue weighted by atomic mass is 16.5. The van der Waals surface area contributed by atoms with E-state index < -0.39 is 0 Å². The number of methoxy groups -OCH3 is 1. The fourth-order valence-corrected chi connectivity index (χ4v) is 1.70. The summed E-state index contributed by atoms with van der Waals surface area (Å²) in [6, 6.07) is 5.52. The summed E-state index contributed by atoms with van der Waals surface area (Å²) in [4.78, 5) is 11.8. The van der Waals surface area contributed by atoms with E-state index in [-0.39, 0.29) is 18.7 Å². The number of ether oxygens (including phenoxy) is 1. The smallest absolute Gasteiger partial charge is 0.253 e. The Labute approximate surface area is 105 Å². The van der Waals surface area contributed by atoms with E-state index in [4.69, 9.17) is 4.74 Å². The summed E-state index contributed by atoms with van der Waals surface area (Å²) in [5, 5.41) is 10.8. The van der Waals surface area contributed by atoms with Crippen LogP contribution in [-0.4, -0.2) is 34.7 Å². The molecule has 1 N–H and O–H groups in total. The number of nitrogens with zero attached hydrogens (tertiary/aromatic N) is 3. The summed E-state index contributed by atoms with van der Waals surface area (Å²) in [5.74, 6) is -0.171. The summed E-state index contributed by atoms with van der Waals surface area (Å²) in [6.45, 7) is 4.23. The molecular formula is C12H16N4O2. The first kappa shape index (κ1) is 12.5. The first-order chi connectivity index (χ1) is 8.63. The molecule has 1 aromatic carbocycles. The monoisotopic (exact) mass is 248 g/mol. The third-order valence-corrected chi connectivity index (χ3v) is 2.60. The minimum Gasteiger partial charge on any atom is -0.364 e. The van der Waals surface area contributed by atoms with Crippen molar-refractivity contribution in [2.75, 3.05) is 13.8 Å². The van der Waals surface area contributed by atoms with Crippen molar-refractivity contribution in [2.24, 2.45) is 0 Å². The van der Waals surface area contributed by atoms with Crippen molar-refractivity contribution in [3.05, 3.63) is 23.8 Å². The van der Waals surface area contributed by atoms with Gasteiger partial charge in [0.15, 0.2) is 0 Å². The van der Waals surface area contributed by atoms with Gasteiger partial charge in [-0.1, -0.05) is 5.21 Å². The van der Waals surface area contributed by atoms with Crippen molar-refractivity contribution in [2.45, 2.75) is 19.9 Å². The molecule has 2 aromatic rings. The molecule has 1 amide bonds. The maximum absolute atomic E-state index is 11.8. The van der Waals surface area contributed by atoms with Crippen LogP contribution < -0.4 is 5.32 Å². The zero-order valence-corrected chi connectivity index (χ0v) is 10.7. The van der Waals surface area contributed by atoms with E-state index in [9.17, 15) is 4.79 Å². The number of rotatable bonds is 4. The van der Waals surface area contributed by atoms with Crippen molar-refractivity contribution in [1.82, 2.24) is 20.3 Å². The molecule has 0 spiro atoms. The van der Waals surface area contributed by atoms with Crippen LogP contribution in [0.4, 0.5) is 0 Å². The molecule has 0 aliphatic heterocycles. The third kappa shape index (κ3) is 2.33. The van der Waals surface area contributed by atoms with Gasteiger partial charge in [0.2, 0.25) is 0 Å². The summed E-state index contributed by atoms with van der Waals surface area (Å²) < 4.78 is 6.60. The van der Waals surface area contributed by atoms with Gasteiger partial charge in [0, 0.05) is 18.7 Å². The van der Waals surface area contributed by atoms with Crippen molar-refractivity contribution < 1.29 is 9.53 Å². The summed E-state index contributed by atoms with van der Waals surface area (Å²) >= 11 is 0. The number of amides is 1. The molecule has 0 saturated heterocycles. The summed E-state index contributed by atoms with van der Waals surface area (Å²) in [5.41, 5.74) is 2.21. The van der Waals surface area contributed by atoms with Crippen LogP contribution in [0.15, 0.2) is 18.2 Å². The normalized spacial score (nSPS) is 11.1. The van der Waals surface area contributed by atoms with Crippen molar-refractivity contribution in [3.63, 3.8) is 0 Å². The van der Waals surface area contributed by atoms with Gasteiger partial charge in [0.1, 0.15) is 12.2 Å². The van der Waals surface area contributed by atoms with E-state index in [1.807, 2.05) is 13.8 Å². The molecule has 1 aromatic heterocycles. The molecule has 1 heterocycles. The average molecular weight is 248 g/mol. The first-order valence-corrected chi connectivity index (χ1v) is 5.75. The van der Waals surface area contributed by atoms with Gasteiger partial charge in [-0.15, -0.1) is 5.10 Å². The Morgan fingerprint density at radius 2 is 2.28 bits per heavy atom. The van der Waals surface area contributed by atoms with Crippen molar-refractivity contribution >= 4 is 16.9 Å². The molecule has 18 heavy (non-hydrogen) atoms. The molecule has 2 rings (SSSR count). The summed E-state index contributed by atoms with van der Waals surface area (Å²) in [7, 11) is 1.53. The van der Waals surface area contributed by atoms with Gasteiger partial charge in [-0.3, -0.25) is 4.79 Å². The van der Waals surface area contributed by atoms with E-state index in [1.54, 1.807) is 22.9 Å². The first-order valence-electron chi connectivity index (χ1n) is 5.75. The fourth-order valence-electron chi connectivity index (χ4n) is 1.70. The number of benzene rings is 1. The van der Waals surface area contributed by atoms with Gasteiger partial charge in [0.05, 0.1) is 5.52 Å². The molecule has 0 atom stereocenters. The topological polar surface area (TPSA) is 69.0 Å². The number of carbonyl (C=O) groups excluding carboxylic acids is 1. The van der Waals surface area contributed by atoms with Gasteiger partial charge >= 0.3 is 0 Å². The lowest BCUT2D eigenvalue weighted by Crippen LogP contribution is -2.25. The molecule has 96 valence electrons. The number of aromatic nitrogens is 3. The second-order valence-corrected chi connectivity index (χ2v) is 4.27. The molecule has 0 saturated carbocycles. The molecule has 0 unspecified atom stereocenters. The molecule has 0 aliphatic rings.